The fourth-order valence-electron chi connectivity index (χ4n) is 2.94. The molecule has 3 rings (SSSR count). The molecule has 0 saturated heterocycles. The van der Waals surface area contributed by atoms with Crippen molar-refractivity contribution < 1.29 is 9.90 Å². The Morgan fingerprint density at radius 3 is 2.22 bits per heavy atom. The van der Waals surface area contributed by atoms with Crippen LogP contribution in [0.2, 0.25) is 5.02 Å². The maximum absolute atomic E-state index is 12.7. The van der Waals surface area contributed by atoms with E-state index in [1.54, 1.807) is 6.92 Å². The van der Waals surface area contributed by atoms with E-state index in [4.69, 9.17) is 11.6 Å². The molecular formula is C22H27ClN2O2. The van der Waals surface area contributed by atoms with Crippen molar-refractivity contribution in [3.8, 4) is 0 Å². The summed E-state index contributed by atoms with van der Waals surface area (Å²) in [7, 11) is 1.86. The number of carbonyl (C=O) groups is 1. The Morgan fingerprint density at radius 1 is 1.04 bits per heavy atom. The van der Waals surface area contributed by atoms with Crippen LogP contribution in [-0.2, 0) is 7.05 Å². The molecular weight excluding hydrogens is 360 g/mol. The van der Waals surface area contributed by atoms with Gasteiger partial charge < -0.3 is 15.0 Å². The zero-order valence-corrected chi connectivity index (χ0v) is 17.2. The summed E-state index contributed by atoms with van der Waals surface area (Å²) in [6.45, 7) is 7.67. The molecule has 0 aliphatic carbocycles. The second-order valence-electron chi connectivity index (χ2n) is 6.33. The van der Waals surface area contributed by atoms with Crippen LogP contribution in [0.1, 0.15) is 61.5 Å². The number of hydrogen-bond acceptors (Lipinski definition) is 2. The van der Waals surface area contributed by atoms with Gasteiger partial charge in [0.25, 0.3) is 5.91 Å². The number of nitrogens with one attached hydrogen (secondary N) is 1. The van der Waals surface area contributed by atoms with Crippen LogP contribution in [0.25, 0.3) is 10.9 Å². The fraction of sp³-hybridized carbons (Fsp3) is 0.318. The van der Waals surface area contributed by atoms with Gasteiger partial charge in [0.05, 0.1) is 12.1 Å². The Balaban J connectivity index is 0.00000126. The molecule has 2 atom stereocenters. The SMILES string of the molecule is CC.CC(O)c1ccc(C(C)NC(=O)c2cc3ccc(Cl)cc3n2C)cc1. The minimum absolute atomic E-state index is 0.137. The Labute approximate surface area is 165 Å². The van der Waals surface area contributed by atoms with Gasteiger partial charge in [0.15, 0.2) is 0 Å². The average molecular weight is 387 g/mol. The number of aromatic nitrogens is 1. The Morgan fingerprint density at radius 2 is 1.63 bits per heavy atom. The number of amides is 1. The molecule has 0 spiro atoms. The van der Waals surface area contributed by atoms with E-state index in [2.05, 4.69) is 5.32 Å². The molecule has 2 unspecified atom stereocenters. The summed E-state index contributed by atoms with van der Waals surface area (Å²) in [4.78, 5) is 12.7. The summed E-state index contributed by atoms with van der Waals surface area (Å²) in [6, 6.07) is 14.9. The zero-order valence-electron chi connectivity index (χ0n) is 16.5. The molecule has 5 heteroatoms. The summed E-state index contributed by atoms with van der Waals surface area (Å²) in [6.07, 6.45) is -0.499. The van der Waals surface area contributed by atoms with Crippen molar-refractivity contribution in [3.05, 3.63) is 70.4 Å². The summed E-state index contributed by atoms with van der Waals surface area (Å²) in [5, 5.41) is 14.2. The van der Waals surface area contributed by atoms with Gasteiger partial charge in [-0.05, 0) is 43.2 Å². The topological polar surface area (TPSA) is 54.3 Å². The Hall–Kier alpha value is -2.30. The average Bonchev–Trinajstić information content (AvgIpc) is 2.99. The largest absolute Gasteiger partial charge is 0.389 e. The molecule has 144 valence electrons. The van der Waals surface area contributed by atoms with Gasteiger partial charge in [0.2, 0.25) is 0 Å². The molecule has 27 heavy (non-hydrogen) atoms. The van der Waals surface area contributed by atoms with E-state index >= 15 is 0 Å². The highest BCUT2D eigenvalue weighted by Gasteiger charge is 2.16. The van der Waals surface area contributed by atoms with Crippen molar-refractivity contribution in [2.24, 2.45) is 7.05 Å². The van der Waals surface area contributed by atoms with E-state index in [0.29, 0.717) is 10.7 Å². The van der Waals surface area contributed by atoms with Crippen LogP contribution in [0.5, 0.6) is 0 Å². The number of rotatable bonds is 4. The standard InChI is InChI=1S/C20H21ClN2O2.C2H6/c1-12(14-4-6-15(7-5-14)13(2)24)22-20(25)19-10-16-8-9-17(21)11-18(16)23(19)3;1-2/h4-13,24H,1-3H3,(H,22,25);1-2H3. The second-order valence-corrected chi connectivity index (χ2v) is 6.77. The van der Waals surface area contributed by atoms with Crippen molar-refractivity contribution >= 4 is 28.4 Å². The van der Waals surface area contributed by atoms with Gasteiger partial charge in [-0.1, -0.05) is 55.8 Å². The lowest BCUT2D eigenvalue weighted by atomic mass is 10.0. The molecule has 0 aliphatic heterocycles. The quantitative estimate of drug-likeness (QED) is 0.630. The van der Waals surface area contributed by atoms with Crippen molar-refractivity contribution in [1.82, 2.24) is 9.88 Å². The summed E-state index contributed by atoms with van der Waals surface area (Å²) < 4.78 is 1.85. The van der Waals surface area contributed by atoms with Gasteiger partial charge in [-0.25, -0.2) is 0 Å². The van der Waals surface area contributed by atoms with Crippen LogP contribution < -0.4 is 5.32 Å². The van der Waals surface area contributed by atoms with E-state index in [9.17, 15) is 9.90 Å². The first kappa shape index (κ1) is 21.0. The van der Waals surface area contributed by atoms with Crippen LogP contribution in [0.15, 0.2) is 48.5 Å². The predicted molar refractivity (Wildman–Crippen MR) is 112 cm³/mol. The molecule has 0 bridgehead atoms. The third-order valence-electron chi connectivity index (χ3n) is 4.51. The number of benzene rings is 2. The number of fused-ring (bicyclic) bond motifs is 1. The van der Waals surface area contributed by atoms with Crippen molar-refractivity contribution in [3.63, 3.8) is 0 Å². The first-order valence-electron chi connectivity index (χ1n) is 9.20. The lowest BCUT2D eigenvalue weighted by Crippen LogP contribution is -2.28. The first-order valence-corrected chi connectivity index (χ1v) is 9.58. The monoisotopic (exact) mass is 386 g/mol. The van der Waals surface area contributed by atoms with Gasteiger partial charge in [-0.3, -0.25) is 4.79 Å². The number of carbonyl (C=O) groups excluding carboxylic acids is 1. The van der Waals surface area contributed by atoms with E-state index in [1.165, 1.54) is 0 Å². The minimum atomic E-state index is -0.499. The van der Waals surface area contributed by atoms with E-state index < -0.39 is 6.10 Å². The minimum Gasteiger partial charge on any atom is -0.389 e. The number of aliphatic hydroxyl groups excluding tert-OH is 1. The van der Waals surface area contributed by atoms with Gasteiger partial charge in [-0.15, -0.1) is 0 Å². The van der Waals surface area contributed by atoms with Gasteiger partial charge in [0, 0.05) is 23.0 Å². The van der Waals surface area contributed by atoms with E-state index in [1.807, 2.05) is 80.9 Å². The van der Waals surface area contributed by atoms with Crippen LogP contribution >= 0.6 is 11.6 Å². The molecule has 1 heterocycles. The summed E-state index contributed by atoms with van der Waals surface area (Å²) in [5.41, 5.74) is 3.35. The molecule has 2 N–H and O–H groups in total. The lowest BCUT2D eigenvalue weighted by Gasteiger charge is -2.16. The maximum atomic E-state index is 12.7. The van der Waals surface area contributed by atoms with Crippen LogP contribution in [0.4, 0.5) is 0 Å². The number of aliphatic hydroxyl groups is 1. The molecule has 1 amide bonds. The van der Waals surface area contributed by atoms with Crippen LogP contribution in [0.3, 0.4) is 0 Å². The fourth-order valence-corrected chi connectivity index (χ4v) is 3.10. The molecule has 3 aromatic rings. The Bertz CT molecular complexity index is 914. The number of nitrogens with zero attached hydrogens (tertiary/aromatic N) is 1. The smallest absolute Gasteiger partial charge is 0.268 e. The highest BCUT2D eigenvalue weighted by Crippen LogP contribution is 2.23. The third kappa shape index (κ3) is 4.71. The highest BCUT2D eigenvalue weighted by molar-refractivity contribution is 6.31. The molecule has 1 aromatic heterocycles. The number of hydrogen-bond donors (Lipinski definition) is 2. The zero-order chi connectivity index (χ0) is 20.1. The second kappa shape index (κ2) is 9.07. The first-order chi connectivity index (χ1) is 12.9. The number of aryl methyl sites for hydroxylation is 1. The highest BCUT2D eigenvalue weighted by atomic mass is 35.5. The Kier molecular flexibility index (Phi) is 7.05. The number of halogens is 1. The summed E-state index contributed by atoms with van der Waals surface area (Å²) >= 11 is 6.05. The van der Waals surface area contributed by atoms with Crippen molar-refractivity contribution in [2.75, 3.05) is 0 Å². The molecule has 0 fully saturated rings. The van der Waals surface area contributed by atoms with Crippen molar-refractivity contribution in [2.45, 2.75) is 39.8 Å². The lowest BCUT2D eigenvalue weighted by molar-refractivity contribution is 0.0932. The van der Waals surface area contributed by atoms with Crippen LogP contribution in [-0.4, -0.2) is 15.6 Å². The van der Waals surface area contributed by atoms with Gasteiger partial charge in [-0.2, -0.15) is 0 Å². The molecule has 4 nitrogen and oxygen atoms in total. The van der Waals surface area contributed by atoms with E-state index in [-0.39, 0.29) is 11.9 Å². The predicted octanol–water partition coefficient (Wildman–Crippen LogP) is 5.40. The maximum Gasteiger partial charge on any atom is 0.268 e. The van der Waals surface area contributed by atoms with Gasteiger partial charge >= 0.3 is 0 Å². The normalized spacial score (nSPS) is 12.9. The van der Waals surface area contributed by atoms with Crippen molar-refractivity contribution in [1.29, 1.82) is 0 Å². The van der Waals surface area contributed by atoms with Gasteiger partial charge in [0.1, 0.15) is 5.69 Å². The summed E-state index contributed by atoms with van der Waals surface area (Å²) in [5.74, 6) is -0.137. The molecule has 0 radical (unpaired) electrons. The molecule has 2 aromatic carbocycles. The van der Waals surface area contributed by atoms with Crippen LogP contribution in [0, 0.1) is 0 Å². The molecule has 0 saturated carbocycles. The third-order valence-corrected chi connectivity index (χ3v) is 4.74. The van der Waals surface area contributed by atoms with E-state index in [0.717, 1.165) is 22.0 Å². The molecule has 0 aliphatic rings.